The molecule has 0 bridgehead atoms. The standard InChI is InChI=1S/C22H24N2O3S2/c1-14-8-9-17(12-15(14)2)29(26,27)24-11-10-16(13-24)20-18-6-4-5-7-19(18)28-21(20)22(25)23-3/h4-9,12,16H,10-11,13H2,1-3H3,(H,23,25). The van der Waals surface area contributed by atoms with Gasteiger partial charge in [0.1, 0.15) is 0 Å². The van der Waals surface area contributed by atoms with Crippen molar-refractivity contribution in [3.8, 4) is 0 Å². The highest BCUT2D eigenvalue weighted by Gasteiger charge is 2.36. The Balaban J connectivity index is 1.70. The lowest BCUT2D eigenvalue weighted by atomic mass is 9.95. The highest BCUT2D eigenvalue weighted by molar-refractivity contribution is 7.89. The lowest BCUT2D eigenvalue weighted by molar-refractivity contribution is 0.0966. The molecule has 1 aliphatic rings. The number of sulfonamides is 1. The molecule has 1 saturated heterocycles. The van der Waals surface area contributed by atoms with Gasteiger partial charge in [0.25, 0.3) is 5.91 Å². The van der Waals surface area contributed by atoms with Crippen LogP contribution in [0.1, 0.15) is 38.7 Å². The first-order valence-electron chi connectivity index (χ1n) is 9.64. The van der Waals surface area contributed by atoms with Crippen LogP contribution in [0.3, 0.4) is 0 Å². The Morgan fingerprint density at radius 2 is 1.90 bits per heavy atom. The molecule has 1 atom stereocenters. The van der Waals surface area contributed by atoms with Crippen molar-refractivity contribution < 1.29 is 13.2 Å². The third kappa shape index (κ3) is 3.47. The minimum atomic E-state index is -3.56. The van der Waals surface area contributed by atoms with E-state index >= 15 is 0 Å². The van der Waals surface area contributed by atoms with Crippen LogP contribution in [-0.4, -0.2) is 38.8 Å². The summed E-state index contributed by atoms with van der Waals surface area (Å²) < 4.78 is 29.0. The van der Waals surface area contributed by atoms with Gasteiger partial charge in [0, 0.05) is 30.8 Å². The molecule has 2 aromatic carbocycles. The minimum Gasteiger partial charge on any atom is -0.354 e. The average molecular weight is 429 g/mol. The van der Waals surface area contributed by atoms with Crippen LogP contribution in [0.4, 0.5) is 0 Å². The summed E-state index contributed by atoms with van der Waals surface area (Å²) in [7, 11) is -1.93. The number of nitrogens with zero attached hydrogens (tertiary/aromatic N) is 1. The molecule has 152 valence electrons. The first kappa shape index (κ1) is 20.1. The van der Waals surface area contributed by atoms with E-state index in [4.69, 9.17) is 0 Å². The second kappa shape index (κ2) is 7.55. The quantitative estimate of drug-likeness (QED) is 0.682. The van der Waals surface area contributed by atoms with Crippen molar-refractivity contribution in [3.05, 3.63) is 64.0 Å². The van der Waals surface area contributed by atoms with Crippen molar-refractivity contribution >= 4 is 37.4 Å². The van der Waals surface area contributed by atoms with Crippen LogP contribution in [0.5, 0.6) is 0 Å². The minimum absolute atomic E-state index is 0.000213. The maximum atomic E-state index is 13.2. The fraction of sp³-hybridized carbons (Fsp3) is 0.318. The van der Waals surface area contributed by atoms with E-state index in [-0.39, 0.29) is 11.8 Å². The number of rotatable bonds is 4. The van der Waals surface area contributed by atoms with Crippen LogP contribution in [-0.2, 0) is 10.0 Å². The Bertz CT molecular complexity index is 1200. The fourth-order valence-corrected chi connectivity index (χ4v) is 6.78. The van der Waals surface area contributed by atoms with E-state index < -0.39 is 10.0 Å². The van der Waals surface area contributed by atoms with Crippen molar-refractivity contribution in [2.75, 3.05) is 20.1 Å². The molecule has 1 unspecified atom stereocenters. The third-order valence-electron chi connectivity index (χ3n) is 5.74. The Morgan fingerprint density at radius 1 is 1.14 bits per heavy atom. The monoisotopic (exact) mass is 428 g/mol. The van der Waals surface area contributed by atoms with E-state index in [1.165, 1.54) is 11.3 Å². The summed E-state index contributed by atoms with van der Waals surface area (Å²) in [5, 5.41) is 3.77. The van der Waals surface area contributed by atoms with Gasteiger partial charge in [-0.3, -0.25) is 4.79 Å². The van der Waals surface area contributed by atoms with E-state index in [9.17, 15) is 13.2 Å². The van der Waals surface area contributed by atoms with E-state index in [0.717, 1.165) is 26.8 Å². The molecule has 1 fully saturated rings. The molecule has 3 aromatic rings. The molecule has 1 N–H and O–H groups in total. The molecule has 1 amide bonds. The number of nitrogens with one attached hydrogen (secondary N) is 1. The highest BCUT2D eigenvalue weighted by atomic mass is 32.2. The molecule has 29 heavy (non-hydrogen) atoms. The molecular formula is C22H24N2O3S2. The van der Waals surface area contributed by atoms with Gasteiger partial charge in [0.15, 0.2) is 0 Å². The number of amides is 1. The third-order valence-corrected chi connectivity index (χ3v) is 8.79. The molecule has 0 radical (unpaired) electrons. The Labute approximate surface area is 175 Å². The van der Waals surface area contributed by atoms with Crippen molar-refractivity contribution in [2.45, 2.75) is 31.1 Å². The van der Waals surface area contributed by atoms with E-state index in [2.05, 4.69) is 5.32 Å². The molecule has 4 rings (SSSR count). The summed E-state index contributed by atoms with van der Waals surface area (Å²) in [5.74, 6) is -0.114. The first-order chi connectivity index (χ1) is 13.8. The van der Waals surface area contributed by atoms with Gasteiger partial charge >= 0.3 is 0 Å². The van der Waals surface area contributed by atoms with Crippen LogP contribution < -0.4 is 5.32 Å². The van der Waals surface area contributed by atoms with Crippen LogP contribution in [0.25, 0.3) is 10.1 Å². The molecule has 0 spiro atoms. The van der Waals surface area contributed by atoms with Gasteiger partial charge in [-0.25, -0.2) is 8.42 Å². The predicted molar refractivity (Wildman–Crippen MR) is 117 cm³/mol. The van der Waals surface area contributed by atoms with Crippen molar-refractivity contribution in [3.63, 3.8) is 0 Å². The van der Waals surface area contributed by atoms with Crippen LogP contribution in [0, 0.1) is 13.8 Å². The lowest BCUT2D eigenvalue weighted by Gasteiger charge is -2.18. The molecule has 5 nitrogen and oxygen atoms in total. The van der Waals surface area contributed by atoms with Crippen molar-refractivity contribution in [2.24, 2.45) is 0 Å². The number of hydrogen-bond acceptors (Lipinski definition) is 4. The molecule has 0 aliphatic carbocycles. The summed E-state index contributed by atoms with van der Waals surface area (Å²) in [4.78, 5) is 13.5. The number of benzene rings is 2. The van der Waals surface area contributed by atoms with Gasteiger partial charge < -0.3 is 5.32 Å². The molecular weight excluding hydrogens is 404 g/mol. The first-order valence-corrected chi connectivity index (χ1v) is 11.9. The SMILES string of the molecule is CNC(=O)c1sc2ccccc2c1C1CCN(S(=O)(=O)c2ccc(C)c(C)c2)C1. The lowest BCUT2D eigenvalue weighted by Crippen LogP contribution is -2.29. The number of fused-ring (bicyclic) bond motifs is 1. The van der Waals surface area contributed by atoms with Crippen LogP contribution in [0.15, 0.2) is 47.4 Å². The Kier molecular flexibility index (Phi) is 5.23. The van der Waals surface area contributed by atoms with Crippen molar-refractivity contribution in [1.82, 2.24) is 9.62 Å². The van der Waals surface area contributed by atoms with Gasteiger partial charge in [-0.15, -0.1) is 11.3 Å². The van der Waals surface area contributed by atoms with Gasteiger partial charge in [-0.2, -0.15) is 4.31 Å². The van der Waals surface area contributed by atoms with Gasteiger partial charge in [0.05, 0.1) is 9.77 Å². The largest absolute Gasteiger partial charge is 0.354 e. The molecule has 2 heterocycles. The molecule has 1 aliphatic heterocycles. The van der Waals surface area contributed by atoms with E-state index in [1.54, 1.807) is 23.5 Å². The normalized spacial score (nSPS) is 17.7. The predicted octanol–water partition coefficient (Wildman–Crippen LogP) is 4.06. The van der Waals surface area contributed by atoms with Crippen LogP contribution >= 0.6 is 11.3 Å². The summed E-state index contributed by atoms with van der Waals surface area (Å²) in [6.07, 6.45) is 0.703. The fourth-order valence-electron chi connectivity index (χ4n) is 3.96. The highest BCUT2D eigenvalue weighted by Crippen LogP contribution is 2.41. The Hall–Kier alpha value is -2.22. The summed E-state index contributed by atoms with van der Waals surface area (Å²) in [5.41, 5.74) is 3.01. The number of carbonyl (C=O) groups excluding carboxylic acids is 1. The number of thiophene rings is 1. The zero-order chi connectivity index (χ0) is 20.8. The molecule has 7 heteroatoms. The molecule has 0 saturated carbocycles. The number of aryl methyl sites for hydroxylation is 2. The topological polar surface area (TPSA) is 66.5 Å². The number of carbonyl (C=O) groups is 1. The second-order valence-corrected chi connectivity index (χ2v) is 10.5. The summed E-state index contributed by atoms with van der Waals surface area (Å²) >= 11 is 1.47. The van der Waals surface area contributed by atoms with E-state index in [0.29, 0.717) is 29.3 Å². The van der Waals surface area contributed by atoms with Crippen molar-refractivity contribution in [1.29, 1.82) is 0 Å². The number of hydrogen-bond donors (Lipinski definition) is 1. The van der Waals surface area contributed by atoms with Gasteiger partial charge in [0.2, 0.25) is 10.0 Å². The zero-order valence-corrected chi connectivity index (χ0v) is 18.4. The second-order valence-electron chi connectivity index (χ2n) is 7.51. The van der Waals surface area contributed by atoms with Gasteiger partial charge in [-0.1, -0.05) is 24.3 Å². The molecule has 1 aromatic heterocycles. The smallest absolute Gasteiger partial charge is 0.261 e. The summed E-state index contributed by atoms with van der Waals surface area (Å²) in [6, 6.07) is 13.2. The van der Waals surface area contributed by atoms with Gasteiger partial charge in [-0.05, 0) is 60.5 Å². The maximum Gasteiger partial charge on any atom is 0.261 e. The average Bonchev–Trinajstić information content (AvgIpc) is 3.34. The van der Waals surface area contributed by atoms with E-state index in [1.807, 2.05) is 44.2 Å². The van der Waals surface area contributed by atoms with Crippen LogP contribution in [0.2, 0.25) is 0 Å². The Morgan fingerprint density at radius 3 is 2.62 bits per heavy atom. The maximum absolute atomic E-state index is 13.2. The summed E-state index contributed by atoms with van der Waals surface area (Å²) in [6.45, 7) is 4.74. The zero-order valence-electron chi connectivity index (χ0n) is 16.7.